The molecule has 0 aromatic carbocycles. The summed E-state index contributed by atoms with van der Waals surface area (Å²) in [4.78, 5) is 10.3. The van der Waals surface area contributed by atoms with Gasteiger partial charge >= 0.3 is 5.97 Å². The summed E-state index contributed by atoms with van der Waals surface area (Å²) in [5, 5.41) is 27.4. The topological polar surface area (TPSA) is 77.8 Å². The van der Waals surface area contributed by atoms with Gasteiger partial charge in [-0.05, 0) is 25.8 Å². The van der Waals surface area contributed by atoms with Gasteiger partial charge in [0.1, 0.15) is 0 Å². The number of aliphatic carboxylic acids is 1. The molecule has 0 aromatic rings. The number of aliphatic hydroxyl groups is 2. The highest BCUT2D eigenvalue weighted by atomic mass is 16.4. The van der Waals surface area contributed by atoms with Crippen molar-refractivity contribution >= 4 is 5.97 Å². The summed E-state index contributed by atoms with van der Waals surface area (Å²) < 4.78 is 0. The van der Waals surface area contributed by atoms with Crippen LogP contribution in [0.4, 0.5) is 0 Å². The number of hydrogen-bond donors (Lipinski definition) is 3. The van der Waals surface area contributed by atoms with E-state index in [4.69, 9.17) is 5.11 Å². The van der Waals surface area contributed by atoms with E-state index in [1.54, 1.807) is 13.0 Å². The van der Waals surface area contributed by atoms with Gasteiger partial charge in [0, 0.05) is 6.42 Å². The lowest BCUT2D eigenvalue weighted by atomic mass is 9.81. The van der Waals surface area contributed by atoms with Crippen LogP contribution in [0.1, 0.15) is 26.2 Å². The SMILES string of the molecule is CC1(CCC(=O)O)C(O)=CCC1O. The molecule has 74 valence electrons. The van der Waals surface area contributed by atoms with Gasteiger partial charge in [-0.15, -0.1) is 0 Å². The van der Waals surface area contributed by atoms with Crippen molar-refractivity contribution in [3.8, 4) is 0 Å². The Kier molecular flexibility index (Phi) is 2.61. The Labute approximate surface area is 76.5 Å². The number of aliphatic hydroxyl groups excluding tert-OH is 2. The lowest BCUT2D eigenvalue weighted by Crippen LogP contribution is -2.30. The molecule has 13 heavy (non-hydrogen) atoms. The number of carboxylic acids is 1. The molecule has 2 unspecified atom stereocenters. The van der Waals surface area contributed by atoms with Crippen molar-refractivity contribution in [2.24, 2.45) is 5.41 Å². The molecule has 4 heteroatoms. The summed E-state index contributed by atoms with van der Waals surface area (Å²) in [6, 6.07) is 0. The number of rotatable bonds is 3. The molecule has 4 nitrogen and oxygen atoms in total. The Morgan fingerprint density at radius 3 is 2.77 bits per heavy atom. The van der Waals surface area contributed by atoms with E-state index in [0.717, 1.165) is 0 Å². The zero-order chi connectivity index (χ0) is 10.1. The predicted octanol–water partition coefficient (Wildman–Crippen LogP) is 1.06. The quantitative estimate of drug-likeness (QED) is 0.616. The Morgan fingerprint density at radius 1 is 1.77 bits per heavy atom. The third-order valence-corrected chi connectivity index (χ3v) is 2.71. The van der Waals surface area contributed by atoms with Crippen LogP contribution in [0, 0.1) is 5.41 Å². The molecule has 0 saturated carbocycles. The fourth-order valence-corrected chi connectivity index (χ4v) is 1.55. The maximum atomic E-state index is 10.3. The first-order chi connectivity index (χ1) is 5.97. The molecule has 1 aliphatic rings. The van der Waals surface area contributed by atoms with E-state index in [0.29, 0.717) is 6.42 Å². The fraction of sp³-hybridized carbons (Fsp3) is 0.667. The van der Waals surface area contributed by atoms with Crippen molar-refractivity contribution in [3.63, 3.8) is 0 Å². The Balaban J connectivity index is 2.63. The van der Waals surface area contributed by atoms with Gasteiger partial charge in [-0.1, -0.05) is 0 Å². The van der Waals surface area contributed by atoms with Crippen LogP contribution < -0.4 is 0 Å². The summed E-state index contributed by atoms with van der Waals surface area (Å²) in [7, 11) is 0. The third kappa shape index (κ3) is 1.83. The van der Waals surface area contributed by atoms with Gasteiger partial charge in [0.15, 0.2) is 0 Å². The molecular weight excluding hydrogens is 172 g/mol. The highest BCUT2D eigenvalue weighted by Crippen LogP contribution is 2.41. The van der Waals surface area contributed by atoms with Gasteiger partial charge in [0.2, 0.25) is 0 Å². The van der Waals surface area contributed by atoms with E-state index in [9.17, 15) is 15.0 Å². The second-order valence-electron chi connectivity index (χ2n) is 3.65. The van der Waals surface area contributed by atoms with Crippen LogP contribution in [-0.4, -0.2) is 27.4 Å². The zero-order valence-electron chi connectivity index (χ0n) is 7.53. The second-order valence-corrected chi connectivity index (χ2v) is 3.65. The normalized spacial score (nSPS) is 33.1. The van der Waals surface area contributed by atoms with Crippen LogP contribution in [0.5, 0.6) is 0 Å². The summed E-state index contributed by atoms with van der Waals surface area (Å²) in [6.07, 6.45) is 1.53. The van der Waals surface area contributed by atoms with Crippen molar-refractivity contribution in [3.05, 3.63) is 11.8 Å². The van der Waals surface area contributed by atoms with Crippen molar-refractivity contribution in [1.82, 2.24) is 0 Å². The summed E-state index contributed by atoms with van der Waals surface area (Å²) >= 11 is 0. The lowest BCUT2D eigenvalue weighted by Gasteiger charge is -2.28. The van der Waals surface area contributed by atoms with Crippen LogP contribution in [0.15, 0.2) is 11.8 Å². The van der Waals surface area contributed by atoms with Gasteiger partial charge < -0.3 is 15.3 Å². The van der Waals surface area contributed by atoms with E-state index < -0.39 is 17.5 Å². The highest BCUT2D eigenvalue weighted by Gasteiger charge is 2.40. The molecule has 0 bridgehead atoms. The first-order valence-corrected chi connectivity index (χ1v) is 4.26. The van der Waals surface area contributed by atoms with E-state index in [1.165, 1.54) is 0 Å². The van der Waals surface area contributed by atoms with Crippen LogP contribution in [0.25, 0.3) is 0 Å². The molecule has 0 aliphatic heterocycles. The molecule has 0 spiro atoms. The maximum Gasteiger partial charge on any atom is 0.303 e. The molecule has 0 radical (unpaired) electrons. The van der Waals surface area contributed by atoms with Crippen molar-refractivity contribution in [2.75, 3.05) is 0 Å². The predicted molar refractivity (Wildman–Crippen MR) is 46.3 cm³/mol. The van der Waals surface area contributed by atoms with Crippen molar-refractivity contribution < 1.29 is 20.1 Å². The second kappa shape index (κ2) is 3.38. The van der Waals surface area contributed by atoms with Gasteiger partial charge in [-0.2, -0.15) is 0 Å². The minimum atomic E-state index is -0.909. The van der Waals surface area contributed by atoms with Crippen LogP contribution >= 0.6 is 0 Å². The monoisotopic (exact) mass is 186 g/mol. The smallest absolute Gasteiger partial charge is 0.303 e. The molecule has 0 aromatic heterocycles. The molecule has 0 heterocycles. The molecule has 1 rings (SSSR count). The standard InChI is InChI=1S/C9H14O4/c1-9(5-4-8(12)13)6(10)2-3-7(9)11/h2,7,10-11H,3-5H2,1H3,(H,12,13). The summed E-state index contributed by atoms with van der Waals surface area (Å²) in [5.74, 6) is -0.797. The zero-order valence-corrected chi connectivity index (χ0v) is 7.53. The van der Waals surface area contributed by atoms with Crippen LogP contribution in [0.2, 0.25) is 0 Å². The Bertz CT molecular complexity index is 246. The molecule has 0 fully saturated rings. The molecule has 3 N–H and O–H groups in total. The van der Waals surface area contributed by atoms with Crippen LogP contribution in [-0.2, 0) is 4.79 Å². The van der Waals surface area contributed by atoms with Crippen molar-refractivity contribution in [1.29, 1.82) is 0 Å². The molecule has 0 saturated heterocycles. The number of carbonyl (C=O) groups is 1. The minimum absolute atomic E-state index is 0.0362. The highest BCUT2D eigenvalue weighted by molar-refractivity contribution is 5.66. The van der Waals surface area contributed by atoms with Crippen LogP contribution in [0.3, 0.4) is 0 Å². The average Bonchev–Trinajstić information content (AvgIpc) is 2.31. The molecule has 1 aliphatic carbocycles. The molecule has 2 atom stereocenters. The van der Waals surface area contributed by atoms with E-state index in [1.807, 2.05) is 0 Å². The summed E-state index contributed by atoms with van der Waals surface area (Å²) in [6.45, 7) is 1.68. The summed E-state index contributed by atoms with van der Waals surface area (Å²) in [5.41, 5.74) is -0.765. The molecule has 0 amide bonds. The first kappa shape index (κ1) is 10.1. The lowest BCUT2D eigenvalue weighted by molar-refractivity contribution is -0.137. The first-order valence-electron chi connectivity index (χ1n) is 4.26. The van der Waals surface area contributed by atoms with Gasteiger partial charge in [0.05, 0.1) is 17.3 Å². The largest absolute Gasteiger partial charge is 0.512 e. The maximum absolute atomic E-state index is 10.3. The Hall–Kier alpha value is -1.03. The fourth-order valence-electron chi connectivity index (χ4n) is 1.55. The van der Waals surface area contributed by atoms with Gasteiger partial charge in [-0.3, -0.25) is 4.79 Å². The third-order valence-electron chi connectivity index (χ3n) is 2.71. The van der Waals surface area contributed by atoms with E-state index >= 15 is 0 Å². The number of hydrogen-bond acceptors (Lipinski definition) is 3. The van der Waals surface area contributed by atoms with Gasteiger partial charge in [-0.25, -0.2) is 0 Å². The van der Waals surface area contributed by atoms with E-state index in [2.05, 4.69) is 0 Å². The minimum Gasteiger partial charge on any atom is -0.512 e. The van der Waals surface area contributed by atoms with Gasteiger partial charge in [0.25, 0.3) is 0 Å². The van der Waals surface area contributed by atoms with Crippen molar-refractivity contribution in [2.45, 2.75) is 32.3 Å². The average molecular weight is 186 g/mol. The molecular formula is C9H14O4. The number of carboxylic acid groups (broad SMARTS) is 1. The Morgan fingerprint density at radius 2 is 2.38 bits per heavy atom. The van der Waals surface area contributed by atoms with E-state index in [-0.39, 0.29) is 18.6 Å².